The van der Waals surface area contributed by atoms with E-state index in [1.165, 1.54) is 83.1 Å². The lowest BCUT2D eigenvalue weighted by molar-refractivity contribution is 0.0681. The number of nitrogens with zero attached hydrogens (tertiary/aromatic N) is 1. The van der Waals surface area contributed by atoms with Crippen molar-refractivity contribution in [2.75, 3.05) is 13.6 Å². The molecule has 0 unspecified atom stereocenters. The van der Waals surface area contributed by atoms with Gasteiger partial charge in [0.15, 0.2) is 0 Å². The topological polar surface area (TPSA) is 57.6 Å². The van der Waals surface area contributed by atoms with Crippen molar-refractivity contribution in [2.24, 2.45) is 0 Å². The van der Waals surface area contributed by atoms with Crippen LogP contribution in [0.15, 0.2) is 24.3 Å². The first-order valence-electron chi connectivity index (χ1n) is 11.7. The Balaban J connectivity index is 2.04. The largest absolute Gasteiger partial charge is 0.478 e. The summed E-state index contributed by atoms with van der Waals surface area (Å²) in [4.78, 5) is 25.4. The van der Waals surface area contributed by atoms with E-state index in [0.29, 0.717) is 6.54 Å². The Kier molecular flexibility index (Phi) is 13.9. The minimum absolute atomic E-state index is 0.0744. The number of carboxylic acid groups (broad SMARTS) is 1. The fourth-order valence-electron chi connectivity index (χ4n) is 3.71. The molecule has 0 aromatic heterocycles. The molecule has 4 heteroatoms. The Labute approximate surface area is 177 Å². The molecule has 0 aliphatic heterocycles. The Hall–Kier alpha value is -1.84. The average molecular weight is 404 g/mol. The molecule has 1 N–H and O–H groups in total. The van der Waals surface area contributed by atoms with E-state index in [9.17, 15) is 14.7 Å². The van der Waals surface area contributed by atoms with Crippen LogP contribution in [0, 0.1) is 0 Å². The molecular weight excluding hydrogens is 362 g/mol. The van der Waals surface area contributed by atoms with E-state index >= 15 is 0 Å². The molecule has 1 aromatic rings. The van der Waals surface area contributed by atoms with Gasteiger partial charge < -0.3 is 10.0 Å². The molecule has 1 rings (SSSR count). The highest BCUT2D eigenvalue weighted by atomic mass is 16.4. The minimum atomic E-state index is -1.06. The van der Waals surface area contributed by atoms with E-state index in [2.05, 4.69) is 6.92 Å². The van der Waals surface area contributed by atoms with Gasteiger partial charge in [0, 0.05) is 13.6 Å². The van der Waals surface area contributed by atoms with Gasteiger partial charge in [0.2, 0.25) is 0 Å². The number of rotatable bonds is 17. The highest BCUT2D eigenvalue weighted by molar-refractivity contribution is 6.04. The molecule has 0 heterocycles. The molecule has 0 aliphatic rings. The van der Waals surface area contributed by atoms with Gasteiger partial charge in [-0.1, -0.05) is 103 Å². The molecule has 0 saturated heterocycles. The van der Waals surface area contributed by atoms with Crippen LogP contribution < -0.4 is 0 Å². The molecule has 4 nitrogen and oxygen atoms in total. The number of aromatic carboxylic acids is 1. The van der Waals surface area contributed by atoms with Gasteiger partial charge in [-0.2, -0.15) is 0 Å². The summed E-state index contributed by atoms with van der Waals surface area (Å²) in [7, 11) is 1.75. The SMILES string of the molecule is CCCCCCCCCCCCCCCCN(C)C(=O)c1ccccc1C(=O)O. The average Bonchev–Trinajstić information content (AvgIpc) is 2.73. The fraction of sp³-hybridized carbons (Fsp3) is 0.680. The van der Waals surface area contributed by atoms with E-state index in [1.807, 2.05) is 0 Å². The third-order valence-electron chi connectivity index (χ3n) is 5.58. The van der Waals surface area contributed by atoms with Gasteiger partial charge in [-0.15, -0.1) is 0 Å². The zero-order valence-corrected chi connectivity index (χ0v) is 18.6. The lowest BCUT2D eigenvalue weighted by Crippen LogP contribution is -2.29. The van der Waals surface area contributed by atoms with Crippen LogP contribution in [0.1, 0.15) is 118 Å². The molecule has 0 spiro atoms. The van der Waals surface area contributed by atoms with Crippen LogP contribution in [0.5, 0.6) is 0 Å². The second kappa shape index (κ2) is 16.0. The van der Waals surface area contributed by atoms with Gasteiger partial charge in [-0.3, -0.25) is 4.79 Å². The fourth-order valence-corrected chi connectivity index (χ4v) is 3.71. The third kappa shape index (κ3) is 11.1. The van der Waals surface area contributed by atoms with Crippen LogP contribution in [0.4, 0.5) is 0 Å². The van der Waals surface area contributed by atoms with Crippen molar-refractivity contribution in [1.29, 1.82) is 0 Å². The normalized spacial score (nSPS) is 10.8. The van der Waals surface area contributed by atoms with Crippen molar-refractivity contribution in [1.82, 2.24) is 4.90 Å². The number of carbonyl (C=O) groups is 2. The predicted octanol–water partition coefficient (Wildman–Crippen LogP) is 6.94. The quantitative estimate of drug-likeness (QED) is 0.287. The van der Waals surface area contributed by atoms with Crippen molar-refractivity contribution < 1.29 is 14.7 Å². The number of benzene rings is 1. The number of hydrogen-bond donors (Lipinski definition) is 1. The highest BCUT2D eigenvalue weighted by Crippen LogP contribution is 2.14. The summed E-state index contributed by atoms with van der Waals surface area (Å²) in [5, 5.41) is 9.23. The van der Waals surface area contributed by atoms with Crippen molar-refractivity contribution in [3.63, 3.8) is 0 Å². The second-order valence-electron chi connectivity index (χ2n) is 8.17. The highest BCUT2D eigenvalue weighted by Gasteiger charge is 2.18. The molecule has 0 saturated carbocycles. The zero-order valence-electron chi connectivity index (χ0n) is 18.6. The number of unbranched alkanes of at least 4 members (excludes halogenated alkanes) is 13. The Bertz CT molecular complexity index is 585. The summed E-state index contributed by atoms with van der Waals surface area (Å²) >= 11 is 0. The van der Waals surface area contributed by atoms with Gasteiger partial charge in [0.25, 0.3) is 5.91 Å². The van der Waals surface area contributed by atoms with Crippen LogP contribution in [-0.4, -0.2) is 35.5 Å². The summed E-state index contributed by atoms with van der Waals surface area (Å²) in [5.41, 5.74) is 0.346. The number of carboxylic acids is 1. The molecule has 0 bridgehead atoms. The van der Waals surface area contributed by atoms with Crippen LogP contribution in [-0.2, 0) is 0 Å². The second-order valence-corrected chi connectivity index (χ2v) is 8.17. The minimum Gasteiger partial charge on any atom is -0.478 e. The molecule has 0 aliphatic carbocycles. The van der Waals surface area contributed by atoms with Crippen molar-refractivity contribution in [3.8, 4) is 0 Å². The smallest absolute Gasteiger partial charge is 0.336 e. The van der Waals surface area contributed by atoms with Gasteiger partial charge >= 0.3 is 5.97 Å². The first-order chi connectivity index (χ1) is 14.1. The monoisotopic (exact) mass is 403 g/mol. The van der Waals surface area contributed by atoms with Gasteiger partial charge in [0.05, 0.1) is 11.1 Å². The summed E-state index contributed by atoms with van der Waals surface area (Å²) in [6, 6.07) is 6.43. The summed E-state index contributed by atoms with van der Waals surface area (Å²) in [5.74, 6) is -1.27. The maximum atomic E-state index is 12.5. The summed E-state index contributed by atoms with van der Waals surface area (Å²) < 4.78 is 0. The van der Waals surface area contributed by atoms with Crippen LogP contribution >= 0.6 is 0 Å². The molecule has 0 radical (unpaired) electrons. The van der Waals surface area contributed by atoms with Crippen molar-refractivity contribution in [3.05, 3.63) is 35.4 Å². The number of hydrogen-bond acceptors (Lipinski definition) is 2. The van der Waals surface area contributed by atoms with Crippen molar-refractivity contribution in [2.45, 2.75) is 96.8 Å². The molecule has 1 amide bonds. The van der Waals surface area contributed by atoms with E-state index in [0.717, 1.165) is 12.8 Å². The first kappa shape index (κ1) is 25.2. The van der Waals surface area contributed by atoms with E-state index in [1.54, 1.807) is 30.1 Å². The van der Waals surface area contributed by atoms with Gasteiger partial charge in [0.1, 0.15) is 0 Å². The van der Waals surface area contributed by atoms with Gasteiger partial charge in [-0.05, 0) is 18.6 Å². The Morgan fingerprint density at radius 3 is 1.59 bits per heavy atom. The lowest BCUT2D eigenvalue weighted by atomic mass is 10.0. The van der Waals surface area contributed by atoms with Crippen molar-refractivity contribution >= 4 is 11.9 Å². The van der Waals surface area contributed by atoms with Crippen LogP contribution in [0.2, 0.25) is 0 Å². The summed E-state index contributed by atoms with van der Waals surface area (Å²) in [6.07, 6.45) is 18.3. The lowest BCUT2D eigenvalue weighted by Gasteiger charge is -2.18. The summed E-state index contributed by atoms with van der Waals surface area (Å²) in [6.45, 7) is 2.93. The van der Waals surface area contributed by atoms with E-state index in [4.69, 9.17) is 0 Å². The zero-order chi connectivity index (χ0) is 21.3. The van der Waals surface area contributed by atoms with Crippen LogP contribution in [0.25, 0.3) is 0 Å². The predicted molar refractivity (Wildman–Crippen MR) is 121 cm³/mol. The number of carbonyl (C=O) groups excluding carboxylic acids is 1. The van der Waals surface area contributed by atoms with Crippen LogP contribution in [0.3, 0.4) is 0 Å². The van der Waals surface area contributed by atoms with E-state index < -0.39 is 5.97 Å². The molecule has 164 valence electrons. The maximum absolute atomic E-state index is 12.5. The van der Waals surface area contributed by atoms with Gasteiger partial charge in [-0.25, -0.2) is 4.79 Å². The molecule has 29 heavy (non-hydrogen) atoms. The molecule has 0 fully saturated rings. The Morgan fingerprint density at radius 2 is 1.14 bits per heavy atom. The molecule has 0 atom stereocenters. The first-order valence-corrected chi connectivity index (χ1v) is 11.7. The maximum Gasteiger partial charge on any atom is 0.336 e. The number of amides is 1. The standard InChI is InChI=1S/C25H41NO3/c1-3-4-5-6-7-8-9-10-11-12-13-14-15-18-21-26(2)24(27)22-19-16-17-20-23(22)25(28)29/h16-17,19-20H,3-15,18,21H2,1-2H3,(H,28,29). The molecular formula is C25H41NO3. The Morgan fingerprint density at radius 1 is 0.724 bits per heavy atom. The molecule has 1 aromatic carbocycles. The third-order valence-corrected chi connectivity index (χ3v) is 5.58. The van der Waals surface area contributed by atoms with E-state index in [-0.39, 0.29) is 17.0 Å².